The molecular weight excluding hydrogens is 209 g/mol. The van der Waals surface area contributed by atoms with Gasteiger partial charge in [0.1, 0.15) is 17.1 Å². The monoisotopic (exact) mass is 220 g/mol. The van der Waals surface area contributed by atoms with Crippen LogP contribution >= 0.6 is 0 Å². The first-order chi connectivity index (χ1) is 6.90. The van der Waals surface area contributed by atoms with E-state index in [-0.39, 0.29) is 17.7 Å². The van der Waals surface area contributed by atoms with Gasteiger partial charge in [0.2, 0.25) is 0 Å². The molecule has 1 aromatic carbocycles. The van der Waals surface area contributed by atoms with Crippen LogP contribution in [0.4, 0.5) is 13.2 Å². The first-order valence-corrected chi connectivity index (χ1v) is 4.37. The summed E-state index contributed by atoms with van der Waals surface area (Å²) in [6.45, 7) is 1.59. The van der Waals surface area contributed by atoms with Gasteiger partial charge in [-0.3, -0.25) is 0 Å². The van der Waals surface area contributed by atoms with Gasteiger partial charge in [0, 0.05) is 6.07 Å². The van der Waals surface area contributed by atoms with Crippen LogP contribution in [-0.4, -0.2) is 12.2 Å². The second-order valence-electron chi connectivity index (χ2n) is 3.03. The average Bonchev–Trinajstić information content (AvgIpc) is 2.14. The molecule has 0 unspecified atom stereocenters. The topological polar surface area (TPSA) is 29.5 Å². The summed E-state index contributed by atoms with van der Waals surface area (Å²) < 4.78 is 42.4. The molecule has 0 saturated carbocycles. The second kappa shape index (κ2) is 4.00. The summed E-state index contributed by atoms with van der Waals surface area (Å²) in [4.78, 5) is 0. The Kier molecular flexibility index (Phi) is 3.12. The lowest BCUT2D eigenvalue weighted by Gasteiger charge is -2.14. The van der Waals surface area contributed by atoms with Crippen LogP contribution in [0, 0.1) is 0 Å². The summed E-state index contributed by atoms with van der Waals surface area (Å²) in [6.07, 6.45) is -4.36. The zero-order valence-corrected chi connectivity index (χ0v) is 8.35. The highest BCUT2D eigenvalue weighted by Crippen LogP contribution is 2.40. The van der Waals surface area contributed by atoms with Crippen molar-refractivity contribution in [1.29, 1.82) is 0 Å². The Morgan fingerprint density at radius 1 is 1.33 bits per heavy atom. The SMILES string of the molecule is CCc1cc(OC)cc(O)c1C(F)(F)F. The molecule has 0 heterocycles. The number of phenols is 1. The zero-order valence-electron chi connectivity index (χ0n) is 8.35. The molecule has 0 spiro atoms. The van der Waals surface area contributed by atoms with Gasteiger partial charge < -0.3 is 9.84 Å². The zero-order chi connectivity index (χ0) is 11.6. The van der Waals surface area contributed by atoms with E-state index in [4.69, 9.17) is 4.74 Å². The normalized spacial score (nSPS) is 11.5. The van der Waals surface area contributed by atoms with Gasteiger partial charge in [0.25, 0.3) is 0 Å². The van der Waals surface area contributed by atoms with Crippen LogP contribution in [0.3, 0.4) is 0 Å². The van der Waals surface area contributed by atoms with E-state index in [2.05, 4.69) is 0 Å². The molecule has 0 bridgehead atoms. The van der Waals surface area contributed by atoms with Gasteiger partial charge >= 0.3 is 6.18 Å². The van der Waals surface area contributed by atoms with Crippen molar-refractivity contribution in [3.8, 4) is 11.5 Å². The number of hydrogen-bond acceptors (Lipinski definition) is 2. The van der Waals surface area contributed by atoms with Crippen molar-refractivity contribution in [3.05, 3.63) is 23.3 Å². The van der Waals surface area contributed by atoms with Crippen LogP contribution in [0.1, 0.15) is 18.1 Å². The number of aryl methyl sites for hydroxylation is 1. The molecule has 0 atom stereocenters. The van der Waals surface area contributed by atoms with E-state index in [0.29, 0.717) is 0 Å². The molecule has 0 aliphatic carbocycles. The molecular formula is C10H11F3O2. The quantitative estimate of drug-likeness (QED) is 0.830. The van der Waals surface area contributed by atoms with Gasteiger partial charge in [-0.25, -0.2) is 0 Å². The van der Waals surface area contributed by atoms with Crippen LogP contribution in [0.15, 0.2) is 12.1 Å². The van der Waals surface area contributed by atoms with Crippen molar-refractivity contribution >= 4 is 0 Å². The number of rotatable bonds is 2. The van der Waals surface area contributed by atoms with Gasteiger partial charge in [0.15, 0.2) is 0 Å². The van der Waals surface area contributed by atoms with Crippen LogP contribution in [0.25, 0.3) is 0 Å². The number of hydrogen-bond donors (Lipinski definition) is 1. The van der Waals surface area contributed by atoms with E-state index >= 15 is 0 Å². The summed E-state index contributed by atoms with van der Waals surface area (Å²) in [7, 11) is 1.33. The number of alkyl halides is 3. The molecule has 0 fully saturated rings. The Labute approximate surface area is 85.3 Å². The van der Waals surface area contributed by atoms with Gasteiger partial charge in [-0.15, -0.1) is 0 Å². The van der Waals surface area contributed by atoms with Crippen LogP contribution in [-0.2, 0) is 12.6 Å². The van der Waals surface area contributed by atoms with Crippen molar-refractivity contribution in [3.63, 3.8) is 0 Å². The number of ether oxygens (including phenoxy) is 1. The predicted octanol–water partition coefficient (Wildman–Crippen LogP) is 2.98. The fourth-order valence-electron chi connectivity index (χ4n) is 1.38. The molecule has 0 aromatic heterocycles. The minimum absolute atomic E-state index is 0.0272. The lowest BCUT2D eigenvalue weighted by atomic mass is 10.0. The first kappa shape index (κ1) is 11.7. The van der Waals surface area contributed by atoms with Crippen LogP contribution in [0.5, 0.6) is 11.5 Å². The molecule has 84 valence electrons. The number of benzene rings is 1. The molecule has 1 N–H and O–H groups in total. The fraction of sp³-hybridized carbons (Fsp3) is 0.400. The molecule has 0 radical (unpaired) electrons. The Bertz CT molecular complexity index is 358. The summed E-state index contributed by atoms with van der Waals surface area (Å²) in [5.41, 5.74) is -0.954. The van der Waals surface area contributed by atoms with Crippen molar-refractivity contribution in [2.45, 2.75) is 19.5 Å². The van der Waals surface area contributed by atoms with Crippen molar-refractivity contribution < 1.29 is 23.0 Å². The molecule has 0 saturated heterocycles. The molecule has 15 heavy (non-hydrogen) atoms. The maximum Gasteiger partial charge on any atom is 0.420 e. The third-order valence-electron chi connectivity index (χ3n) is 2.07. The summed E-state index contributed by atoms with van der Waals surface area (Å²) in [5, 5.41) is 9.27. The fourth-order valence-corrected chi connectivity index (χ4v) is 1.38. The number of halogens is 3. The summed E-state index contributed by atoms with van der Waals surface area (Å²) in [6, 6.07) is 2.24. The van der Waals surface area contributed by atoms with Gasteiger partial charge in [-0.05, 0) is 18.1 Å². The average molecular weight is 220 g/mol. The largest absolute Gasteiger partial charge is 0.507 e. The Morgan fingerprint density at radius 3 is 2.33 bits per heavy atom. The highest BCUT2D eigenvalue weighted by Gasteiger charge is 2.36. The Balaban J connectivity index is 3.38. The van der Waals surface area contributed by atoms with Crippen molar-refractivity contribution in [1.82, 2.24) is 0 Å². The van der Waals surface area contributed by atoms with E-state index in [1.165, 1.54) is 13.2 Å². The highest BCUT2D eigenvalue weighted by molar-refractivity contribution is 5.47. The number of aromatic hydroxyl groups is 1. The predicted molar refractivity (Wildman–Crippen MR) is 49.0 cm³/mol. The molecule has 0 amide bonds. The van der Waals surface area contributed by atoms with Crippen LogP contribution < -0.4 is 4.74 Å². The highest BCUT2D eigenvalue weighted by atomic mass is 19.4. The number of phenolic OH excluding ortho intramolecular Hbond substituents is 1. The van der Waals surface area contributed by atoms with E-state index in [1.807, 2.05) is 0 Å². The summed E-state index contributed by atoms with van der Waals surface area (Å²) in [5.74, 6) is -0.573. The maximum atomic E-state index is 12.5. The van der Waals surface area contributed by atoms with E-state index in [0.717, 1.165) is 6.07 Å². The molecule has 5 heteroatoms. The lowest BCUT2D eigenvalue weighted by molar-refractivity contribution is -0.139. The minimum atomic E-state index is -4.54. The van der Waals surface area contributed by atoms with Gasteiger partial charge in [-0.1, -0.05) is 6.92 Å². The van der Waals surface area contributed by atoms with E-state index in [1.54, 1.807) is 6.92 Å². The lowest BCUT2D eigenvalue weighted by Crippen LogP contribution is -2.09. The molecule has 1 rings (SSSR count). The van der Waals surface area contributed by atoms with E-state index in [9.17, 15) is 18.3 Å². The Hall–Kier alpha value is -1.39. The third-order valence-corrected chi connectivity index (χ3v) is 2.07. The third kappa shape index (κ3) is 2.34. The first-order valence-electron chi connectivity index (χ1n) is 4.37. The Morgan fingerprint density at radius 2 is 1.93 bits per heavy atom. The molecule has 0 aliphatic rings. The second-order valence-corrected chi connectivity index (χ2v) is 3.03. The van der Waals surface area contributed by atoms with Crippen LogP contribution in [0.2, 0.25) is 0 Å². The van der Waals surface area contributed by atoms with Crippen molar-refractivity contribution in [2.24, 2.45) is 0 Å². The maximum absolute atomic E-state index is 12.5. The smallest absolute Gasteiger partial charge is 0.420 e. The summed E-state index contributed by atoms with van der Waals surface area (Å²) >= 11 is 0. The number of methoxy groups -OCH3 is 1. The van der Waals surface area contributed by atoms with Crippen molar-refractivity contribution in [2.75, 3.05) is 7.11 Å². The van der Waals surface area contributed by atoms with Gasteiger partial charge in [0.05, 0.1) is 7.11 Å². The minimum Gasteiger partial charge on any atom is -0.507 e. The van der Waals surface area contributed by atoms with E-state index < -0.39 is 17.5 Å². The van der Waals surface area contributed by atoms with Gasteiger partial charge in [-0.2, -0.15) is 13.2 Å². The molecule has 2 nitrogen and oxygen atoms in total. The molecule has 0 aliphatic heterocycles. The standard InChI is InChI=1S/C10H11F3O2/c1-3-6-4-7(15-2)5-8(14)9(6)10(11,12)13/h4-5,14H,3H2,1-2H3. The molecule has 1 aromatic rings.